The minimum Gasteiger partial charge on any atom is -0.491 e. The number of thiophene rings is 1. The van der Waals surface area contributed by atoms with E-state index in [0.29, 0.717) is 50.0 Å². The van der Waals surface area contributed by atoms with Gasteiger partial charge in [0, 0.05) is 78.1 Å². The van der Waals surface area contributed by atoms with Gasteiger partial charge in [-0.2, -0.15) is 22.6 Å². The van der Waals surface area contributed by atoms with Gasteiger partial charge in [-0.05, 0) is 66.5 Å². The Kier molecular flexibility index (Phi) is 12.3. The van der Waals surface area contributed by atoms with Crippen molar-refractivity contribution < 1.29 is 37.3 Å². The van der Waals surface area contributed by atoms with Crippen molar-refractivity contribution in [1.82, 2.24) is 28.9 Å². The van der Waals surface area contributed by atoms with Crippen molar-refractivity contribution in [1.29, 1.82) is 0 Å². The molecule has 1 N–H and O–H groups in total. The molecule has 17 heteroatoms. The molecule has 1 fully saturated rings. The number of fused-ring (bicyclic) bond motifs is 2. The van der Waals surface area contributed by atoms with Crippen molar-refractivity contribution in [3.05, 3.63) is 106 Å². The van der Waals surface area contributed by atoms with E-state index in [-0.39, 0.29) is 24.6 Å². The summed E-state index contributed by atoms with van der Waals surface area (Å²) in [7, 11) is 2.12. The first kappa shape index (κ1) is 41.5. The summed E-state index contributed by atoms with van der Waals surface area (Å²) in [5, 5.41) is 18.4. The summed E-state index contributed by atoms with van der Waals surface area (Å²) < 4.78 is 65.2. The molecule has 1 atom stereocenters. The molecule has 0 radical (unpaired) electrons. The number of pyridine rings is 1. The van der Waals surface area contributed by atoms with E-state index in [9.17, 15) is 23.1 Å². The van der Waals surface area contributed by atoms with Crippen LogP contribution in [0.1, 0.15) is 16.8 Å². The number of carboxylic acid groups (broad SMARTS) is 1. The number of carbonyl (C=O) groups is 1. The van der Waals surface area contributed by atoms with Gasteiger partial charge in [-0.25, -0.2) is 4.79 Å². The number of benzene rings is 3. The van der Waals surface area contributed by atoms with Gasteiger partial charge in [-0.3, -0.25) is 14.6 Å². The molecule has 60 heavy (non-hydrogen) atoms. The summed E-state index contributed by atoms with van der Waals surface area (Å²) in [6.07, 6.45) is -3.04. The number of piperazine rings is 1. The molecule has 0 aliphatic carbocycles. The van der Waals surface area contributed by atoms with Crippen LogP contribution in [-0.2, 0) is 24.4 Å². The zero-order valence-corrected chi connectivity index (χ0v) is 35.0. The highest BCUT2D eigenvalue weighted by Crippen LogP contribution is 2.48. The Morgan fingerprint density at radius 2 is 1.75 bits per heavy atom. The minimum atomic E-state index is -4.47. The van der Waals surface area contributed by atoms with E-state index in [2.05, 4.69) is 37.8 Å². The zero-order chi connectivity index (χ0) is 42.0. The number of rotatable bonds is 15. The van der Waals surface area contributed by atoms with Crippen LogP contribution < -0.4 is 14.2 Å². The normalized spacial score (nSPS) is 14.5. The Morgan fingerprint density at radius 1 is 0.967 bits per heavy atom. The molecule has 7 aromatic rings. The first-order chi connectivity index (χ1) is 28.9. The van der Waals surface area contributed by atoms with Crippen LogP contribution in [0.2, 0.25) is 5.02 Å². The fraction of sp³-hybridized carbons (Fsp3) is 0.302. The first-order valence-corrected chi connectivity index (χ1v) is 21.2. The molecule has 4 aromatic heterocycles. The summed E-state index contributed by atoms with van der Waals surface area (Å²) in [6, 6.07) is 20.0. The number of likely N-dealkylation sites (N-methyl/N-ethyl adjacent to an activating group) is 1. The fourth-order valence-corrected chi connectivity index (χ4v) is 9.15. The molecule has 1 aliphatic rings. The average Bonchev–Trinajstić information content (AvgIpc) is 3.97. The van der Waals surface area contributed by atoms with E-state index in [1.165, 1.54) is 12.3 Å². The standard InChI is InChI=1S/C43H40ClF3N6O5S2/c1-26-29(11-12-33(39(26)44)56-20-19-52-17-15-51(2)16-18-52)37-38-36(22-48-40(37)31-24-59-35-10-6-4-8-30(31)35)60-50-41(38)58-34(42(54)55)21-27-7-3-5-9-32(27)57-23-28-13-14-49-53(28)25-43(45,46)47/h3-14,22,24,34H,15-21,23,25H2,1-2H3,(H,54,55)/t34-/m1/s1. The second-order valence-electron chi connectivity index (χ2n) is 14.5. The number of nitrogens with zero attached hydrogens (tertiary/aromatic N) is 6. The van der Waals surface area contributed by atoms with E-state index in [4.69, 9.17) is 30.8 Å². The number of aliphatic carboxylic acids is 1. The number of hydrogen-bond acceptors (Lipinski definition) is 11. The Hall–Kier alpha value is -5.26. The molecular weight excluding hydrogens is 837 g/mol. The molecule has 0 spiro atoms. The molecule has 0 saturated carbocycles. The molecule has 1 aliphatic heterocycles. The minimum absolute atomic E-state index is 0.109. The third-order valence-electron chi connectivity index (χ3n) is 10.5. The van der Waals surface area contributed by atoms with Gasteiger partial charge in [0.1, 0.15) is 31.3 Å². The molecule has 0 bridgehead atoms. The molecule has 0 unspecified atom stereocenters. The first-order valence-electron chi connectivity index (χ1n) is 19.2. The SMILES string of the molecule is Cc1c(-c2c(-c3csc4ccccc34)ncc3snc(O[C@H](Cc4ccccc4OCc4ccnn4CC(F)(F)F)C(=O)O)c23)ccc(OCCN2CCN(C)CC2)c1Cl. The molecular formula is C43H40ClF3N6O5S2. The molecule has 312 valence electrons. The van der Waals surface area contributed by atoms with Crippen molar-refractivity contribution in [2.45, 2.75) is 38.8 Å². The van der Waals surface area contributed by atoms with Crippen LogP contribution >= 0.6 is 34.5 Å². The molecule has 11 nitrogen and oxygen atoms in total. The molecule has 5 heterocycles. The third kappa shape index (κ3) is 9.07. The van der Waals surface area contributed by atoms with E-state index in [1.54, 1.807) is 41.8 Å². The Labute approximate surface area is 356 Å². The quantitative estimate of drug-likeness (QED) is 0.107. The fourth-order valence-electron chi connectivity index (χ4n) is 7.29. The molecule has 8 rings (SSSR count). The monoisotopic (exact) mass is 876 g/mol. The van der Waals surface area contributed by atoms with E-state index >= 15 is 0 Å². The van der Waals surface area contributed by atoms with Crippen LogP contribution in [0, 0.1) is 6.92 Å². The number of para-hydroxylation sites is 1. The van der Waals surface area contributed by atoms with Crippen LogP contribution in [-0.4, -0.2) is 98.7 Å². The van der Waals surface area contributed by atoms with Gasteiger partial charge < -0.3 is 24.2 Å². The Morgan fingerprint density at radius 3 is 2.55 bits per heavy atom. The van der Waals surface area contributed by atoms with Gasteiger partial charge in [-0.15, -0.1) is 11.3 Å². The molecule has 1 saturated heterocycles. The van der Waals surface area contributed by atoms with Gasteiger partial charge in [0.05, 0.1) is 26.5 Å². The number of alkyl halides is 3. The lowest BCUT2D eigenvalue weighted by atomic mass is 9.93. The predicted molar refractivity (Wildman–Crippen MR) is 228 cm³/mol. The Balaban J connectivity index is 1.13. The second kappa shape index (κ2) is 17.8. The van der Waals surface area contributed by atoms with Crippen LogP contribution in [0.5, 0.6) is 17.4 Å². The smallest absolute Gasteiger partial charge is 0.408 e. The van der Waals surface area contributed by atoms with Gasteiger partial charge in [0.2, 0.25) is 12.0 Å². The van der Waals surface area contributed by atoms with Crippen LogP contribution in [0.25, 0.3) is 42.6 Å². The van der Waals surface area contributed by atoms with Gasteiger partial charge in [-0.1, -0.05) is 54.1 Å². The predicted octanol–water partition coefficient (Wildman–Crippen LogP) is 9.24. The maximum atomic E-state index is 13.1. The van der Waals surface area contributed by atoms with Crippen molar-refractivity contribution in [3.63, 3.8) is 0 Å². The van der Waals surface area contributed by atoms with E-state index < -0.39 is 24.8 Å². The van der Waals surface area contributed by atoms with E-state index in [1.807, 2.05) is 37.3 Å². The van der Waals surface area contributed by atoms with Gasteiger partial charge in [0.15, 0.2) is 0 Å². The van der Waals surface area contributed by atoms with Crippen molar-refractivity contribution in [2.75, 3.05) is 46.4 Å². The van der Waals surface area contributed by atoms with Crippen LogP contribution in [0.4, 0.5) is 13.2 Å². The van der Waals surface area contributed by atoms with Gasteiger partial charge in [0.25, 0.3) is 0 Å². The van der Waals surface area contributed by atoms with E-state index in [0.717, 1.165) is 75.7 Å². The maximum absolute atomic E-state index is 13.1. The van der Waals surface area contributed by atoms with Gasteiger partial charge >= 0.3 is 12.1 Å². The number of carboxylic acids is 1. The second-order valence-corrected chi connectivity index (χ2v) is 16.6. The zero-order valence-electron chi connectivity index (χ0n) is 32.6. The molecule has 3 aromatic carbocycles. The molecule has 0 amide bonds. The maximum Gasteiger partial charge on any atom is 0.408 e. The Bertz CT molecular complexity index is 2640. The summed E-state index contributed by atoms with van der Waals surface area (Å²) >= 11 is 9.84. The van der Waals surface area contributed by atoms with Crippen molar-refractivity contribution >= 4 is 60.6 Å². The number of halogens is 4. The summed E-state index contributed by atoms with van der Waals surface area (Å²) in [5.74, 6) is -0.279. The average molecular weight is 877 g/mol. The third-order valence-corrected chi connectivity index (χ3v) is 12.7. The lowest BCUT2D eigenvalue weighted by Gasteiger charge is -2.32. The summed E-state index contributed by atoms with van der Waals surface area (Å²) in [5.41, 5.74) is 4.43. The van der Waals surface area contributed by atoms with Crippen molar-refractivity contribution in [2.24, 2.45) is 0 Å². The lowest BCUT2D eigenvalue weighted by Crippen LogP contribution is -2.45. The van der Waals surface area contributed by atoms with Crippen molar-refractivity contribution in [3.8, 4) is 39.8 Å². The van der Waals surface area contributed by atoms with Crippen LogP contribution in [0.3, 0.4) is 0 Å². The number of aromatic nitrogens is 4. The highest BCUT2D eigenvalue weighted by molar-refractivity contribution is 7.17. The lowest BCUT2D eigenvalue weighted by molar-refractivity contribution is -0.145. The summed E-state index contributed by atoms with van der Waals surface area (Å²) in [6.45, 7) is 5.67. The topological polar surface area (TPSA) is 115 Å². The number of ether oxygens (including phenoxy) is 3. The summed E-state index contributed by atoms with van der Waals surface area (Å²) in [4.78, 5) is 22.6. The largest absolute Gasteiger partial charge is 0.491 e. The highest BCUT2D eigenvalue weighted by Gasteiger charge is 2.31. The highest BCUT2D eigenvalue weighted by atomic mass is 35.5. The number of hydrogen-bond donors (Lipinski definition) is 1. The van der Waals surface area contributed by atoms with Crippen LogP contribution in [0.15, 0.2) is 84.5 Å².